The maximum absolute atomic E-state index is 5.47. The molecule has 0 bridgehead atoms. The van der Waals surface area contributed by atoms with E-state index >= 15 is 0 Å². The molecule has 8 nitrogen and oxygen atoms in total. The smallest absolute Gasteiger partial charge is 0.741 e. The standard InChI is InChI=1S/C24H31N7OS2.Cu/c1-3-25-23(33)29-27-21(18-8-6-5-7-9-18)22(28-30-24(34)26-4-2)19-10-12-20(13-11-19)31-14-16-32-17-15-31;/h5-13H,3-4,14-17H2,1-2H3,(H2,25,29,33)(H2,26,30,34);/q;+2/p-2/b27-21+,28-22+;. The second-order valence-corrected chi connectivity index (χ2v) is 7.99. The van der Waals surface area contributed by atoms with Crippen LogP contribution in [0.1, 0.15) is 25.0 Å². The van der Waals surface area contributed by atoms with E-state index in [4.69, 9.17) is 30.0 Å². The van der Waals surface area contributed by atoms with Gasteiger partial charge in [0.1, 0.15) is 11.4 Å². The maximum atomic E-state index is 5.47. The van der Waals surface area contributed by atoms with E-state index in [2.05, 4.69) is 48.1 Å². The predicted octanol–water partition coefficient (Wildman–Crippen LogP) is 2.65. The molecule has 0 saturated carbocycles. The summed E-state index contributed by atoms with van der Waals surface area (Å²) in [5.74, 6) is 0. The number of amidine groups is 2. The maximum Gasteiger partial charge on any atom is 2.00 e. The van der Waals surface area contributed by atoms with Crippen LogP contribution in [-0.2, 0) is 47.1 Å². The molecule has 0 unspecified atom stereocenters. The summed E-state index contributed by atoms with van der Waals surface area (Å²) in [6, 6.07) is 18.0. The Morgan fingerprint density at radius 3 is 1.77 bits per heavy atom. The van der Waals surface area contributed by atoms with Crippen molar-refractivity contribution in [3.8, 4) is 0 Å². The fourth-order valence-corrected chi connectivity index (χ4v) is 3.67. The van der Waals surface area contributed by atoms with Crippen molar-refractivity contribution in [1.29, 1.82) is 0 Å². The Morgan fingerprint density at radius 1 is 0.800 bits per heavy atom. The number of hydrogen-bond acceptors (Lipinski definition) is 8. The average Bonchev–Trinajstić information content (AvgIpc) is 2.87. The number of nitrogens with zero attached hydrogens (tertiary/aromatic N) is 5. The average molecular weight is 559 g/mol. The molecule has 1 heterocycles. The van der Waals surface area contributed by atoms with Gasteiger partial charge in [-0.15, -0.1) is 0 Å². The minimum absolute atomic E-state index is 0. The molecular weight excluding hydrogens is 530 g/mol. The van der Waals surface area contributed by atoms with Crippen LogP contribution in [0.3, 0.4) is 0 Å². The van der Waals surface area contributed by atoms with Crippen molar-refractivity contribution in [3.05, 3.63) is 65.7 Å². The molecule has 2 aromatic rings. The second-order valence-electron chi connectivity index (χ2n) is 7.22. The molecule has 1 saturated heterocycles. The summed E-state index contributed by atoms with van der Waals surface area (Å²) in [4.78, 5) is 10.7. The SMILES string of the molecule is CCN=C([S-])N/N=C(/C(=N/NC([S-])=NCC)c1ccc(N2CCOCC2)cc1)c1ccccc1.[Cu+2]. The molecule has 1 aliphatic rings. The van der Waals surface area contributed by atoms with Gasteiger partial charge in [0.15, 0.2) is 0 Å². The van der Waals surface area contributed by atoms with Gasteiger partial charge in [-0.25, -0.2) is 0 Å². The third kappa shape index (κ3) is 8.87. The number of hydrogen-bond donors (Lipinski definition) is 2. The van der Waals surface area contributed by atoms with Gasteiger partial charge >= 0.3 is 17.1 Å². The van der Waals surface area contributed by atoms with Gasteiger partial charge in [0.25, 0.3) is 0 Å². The van der Waals surface area contributed by atoms with Crippen molar-refractivity contribution in [1.82, 2.24) is 10.9 Å². The predicted molar refractivity (Wildman–Crippen MR) is 146 cm³/mol. The molecule has 0 spiro atoms. The molecule has 0 aliphatic carbocycles. The van der Waals surface area contributed by atoms with Crippen LogP contribution < -0.4 is 15.8 Å². The number of aliphatic imine (C=N–C) groups is 2. The number of ether oxygens (including phenoxy) is 1. The molecule has 2 aromatic carbocycles. The van der Waals surface area contributed by atoms with Gasteiger partial charge < -0.3 is 34.9 Å². The first-order valence-electron chi connectivity index (χ1n) is 11.2. The zero-order chi connectivity index (χ0) is 24.2. The van der Waals surface area contributed by atoms with Crippen LogP contribution >= 0.6 is 0 Å². The van der Waals surface area contributed by atoms with E-state index in [0.29, 0.717) is 34.8 Å². The second kappa shape index (κ2) is 15.4. The van der Waals surface area contributed by atoms with Crippen molar-refractivity contribution in [3.63, 3.8) is 0 Å². The number of anilines is 1. The Kier molecular flexibility index (Phi) is 12.6. The summed E-state index contributed by atoms with van der Waals surface area (Å²) < 4.78 is 5.47. The zero-order valence-corrected chi connectivity index (χ0v) is 22.3. The fourth-order valence-electron chi connectivity index (χ4n) is 3.32. The molecule has 35 heavy (non-hydrogen) atoms. The Balaban J connectivity index is 0.00000432. The van der Waals surface area contributed by atoms with Gasteiger partial charge in [-0.1, -0.05) is 42.5 Å². The van der Waals surface area contributed by atoms with E-state index in [0.717, 1.165) is 43.1 Å². The minimum atomic E-state index is 0. The third-order valence-electron chi connectivity index (χ3n) is 4.92. The number of morpholine rings is 1. The van der Waals surface area contributed by atoms with E-state index in [1.807, 2.05) is 56.3 Å². The van der Waals surface area contributed by atoms with E-state index in [1.54, 1.807) is 0 Å². The largest absolute Gasteiger partial charge is 2.00 e. The van der Waals surface area contributed by atoms with Crippen molar-refractivity contribution < 1.29 is 21.8 Å². The summed E-state index contributed by atoms with van der Waals surface area (Å²) >= 11 is 10.5. The molecule has 1 fully saturated rings. The van der Waals surface area contributed by atoms with E-state index in [1.165, 1.54) is 0 Å². The summed E-state index contributed by atoms with van der Waals surface area (Å²) in [7, 11) is 0. The monoisotopic (exact) mass is 558 g/mol. The van der Waals surface area contributed by atoms with Crippen LogP contribution in [0.2, 0.25) is 0 Å². The molecule has 1 aliphatic heterocycles. The van der Waals surface area contributed by atoms with Gasteiger partial charge in [-0.2, -0.15) is 10.2 Å². The van der Waals surface area contributed by atoms with Crippen LogP contribution in [0.4, 0.5) is 5.69 Å². The van der Waals surface area contributed by atoms with Crippen LogP contribution in [0, 0.1) is 0 Å². The van der Waals surface area contributed by atoms with Crippen LogP contribution in [0.5, 0.6) is 0 Å². The summed E-state index contributed by atoms with van der Waals surface area (Å²) in [5.41, 5.74) is 9.82. The molecule has 189 valence electrons. The van der Waals surface area contributed by atoms with Crippen LogP contribution in [0.25, 0.3) is 0 Å². The van der Waals surface area contributed by atoms with E-state index < -0.39 is 0 Å². The normalized spacial score (nSPS) is 15.4. The molecule has 0 aromatic heterocycles. The first kappa shape index (κ1) is 28.7. The molecule has 3 rings (SSSR count). The topological polar surface area (TPSA) is 86.0 Å². The number of benzene rings is 2. The number of rotatable bonds is 8. The van der Waals surface area contributed by atoms with Crippen LogP contribution in [-0.4, -0.2) is 61.2 Å². The first-order chi connectivity index (χ1) is 16.6. The molecule has 2 N–H and O–H groups in total. The molecule has 1 radical (unpaired) electrons. The Morgan fingerprint density at radius 2 is 1.29 bits per heavy atom. The van der Waals surface area contributed by atoms with Crippen molar-refractivity contribution in [2.24, 2.45) is 20.2 Å². The van der Waals surface area contributed by atoms with Gasteiger partial charge in [-0.3, -0.25) is 20.8 Å². The van der Waals surface area contributed by atoms with Gasteiger partial charge in [0.05, 0.1) is 13.2 Å². The Bertz CT molecular complexity index is 1040. The Hall–Kier alpha value is -2.56. The van der Waals surface area contributed by atoms with Gasteiger partial charge in [0, 0.05) is 43.0 Å². The molecule has 0 amide bonds. The van der Waals surface area contributed by atoms with Crippen LogP contribution in [0.15, 0.2) is 74.8 Å². The summed E-state index contributed by atoms with van der Waals surface area (Å²) in [6.45, 7) is 8.18. The molecule has 0 atom stereocenters. The van der Waals surface area contributed by atoms with Gasteiger partial charge in [0.2, 0.25) is 0 Å². The summed E-state index contributed by atoms with van der Waals surface area (Å²) in [6.07, 6.45) is 0. The first-order valence-corrected chi connectivity index (χ1v) is 12.0. The zero-order valence-electron chi connectivity index (χ0n) is 19.7. The minimum Gasteiger partial charge on any atom is -0.741 e. The van der Waals surface area contributed by atoms with Gasteiger partial charge in [-0.05, 0) is 36.3 Å². The molecular formula is C24H29CuN7OS2. The number of hydrazone groups is 2. The molecule has 11 heteroatoms. The Labute approximate surface area is 228 Å². The van der Waals surface area contributed by atoms with E-state index in [9.17, 15) is 0 Å². The van der Waals surface area contributed by atoms with Crippen molar-refractivity contribution in [2.75, 3.05) is 44.3 Å². The fraction of sp³-hybridized carbons (Fsp3) is 0.333. The number of nitrogens with one attached hydrogen (secondary N) is 2. The van der Waals surface area contributed by atoms with Crippen molar-refractivity contribution in [2.45, 2.75) is 13.8 Å². The third-order valence-corrected chi connectivity index (χ3v) is 5.36. The van der Waals surface area contributed by atoms with E-state index in [-0.39, 0.29) is 17.1 Å². The quantitative estimate of drug-likeness (QED) is 0.170. The summed E-state index contributed by atoms with van der Waals surface area (Å²) in [5, 5.41) is 9.81. The van der Waals surface area contributed by atoms with Crippen molar-refractivity contribution >= 4 is 52.7 Å².